The number of aryl methyl sites for hydroxylation is 1. The monoisotopic (exact) mass is 580 g/mol. The van der Waals surface area contributed by atoms with Crippen molar-refractivity contribution in [1.29, 1.82) is 0 Å². The van der Waals surface area contributed by atoms with Crippen LogP contribution in [0, 0.1) is 6.92 Å². The van der Waals surface area contributed by atoms with Gasteiger partial charge in [-0.25, -0.2) is 0 Å². The molecule has 0 fully saturated rings. The molecule has 220 valence electrons. The average Bonchev–Trinajstić information content (AvgIpc) is 3.07. The van der Waals surface area contributed by atoms with E-state index in [2.05, 4.69) is 105 Å². The molecule has 1 unspecified atom stereocenters. The van der Waals surface area contributed by atoms with Gasteiger partial charge in [0.2, 0.25) is 0 Å². The van der Waals surface area contributed by atoms with Crippen molar-refractivity contribution in [2.75, 3.05) is 27.0 Å². The molecule has 44 heavy (non-hydrogen) atoms. The third-order valence-electron chi connectivity index (χ3n) is 7.66. The minimum Gasteiger partial charge on any atom is -0.382 e. The lowest BCUT2D eigenvalue weighted by Crippen LogP contribution is -2.14. The van der Waals surface area contributed by atoms with Crippen LogP contribution >= 0.6 is 0 Å². The summed E-state index contributed by atoms with van der Waals surface area (Å²) in [5, 5.41) is 17.2. The van der Waals surface area contributed by atoms with Crippen LogP contribution < -0.4 is 27.0 Å². The van der Waals surface area contributed by atoms with Gasteiger partial charge in [-0.2, -0.15) is 5.11 Å². The summed E-state index contributed by atoms with van der Waals surface area (Å²) >= 11 is 0. The number of azo groups is 1. The first-order valence-corrected chi connectivity index (χ1v) is 14.9. The van der Waals surface area contributed by atoms with E-state index in [0.29, 0.717) is 6.04 Å². The normalized spacial score (nSPS) is 11.9. The van der Waals surface area contributed by atoms with Gasteiger partial charge in [-0.1, -0.05) is 55.5 Å². The molecule has 1 aromatic heterocycles. The second kappa shape index (κ2) is 13.1. The fraction of sp³-hybridized carbons (Fsp3) is 0.139. The van der Waals surface area contributed by atoms with Crippen molar-refractivity contribution in [3.8, 4) is 0 Å². The number of nitrogens with zero attached hydrogens (tertiary/aromatic N) is 3. The quantitative estimate of drug-likeness (QED) is 0.0773. The predicted octanol–water partition coefficient (Wildman–Crippen LogP) is 10.2. The Kier molecular flexibility index (Phi) is 8.50. The third kappa shape index (κ3) is 6.39. The number of benzene rings is 5. The van der Waals surface area contributed by atoms with Crippen molar-refractivity contribution >= 4 is 61.4 Å². The molecule has 0 aliphatic rings. The van der Waals surface area contributed by atoms with Gasteiger partial charge >= 0.3 is 0 Å². The lowest BCUT2D eigenvalue weighted by Gasteiger charge is -2.19. The molecule has 8 nitrogen and oxygen atoms in total. The van der Waals surface area contributed by atoms with Gasteiger partial charge in [0.25, 0.3) is 0 Å². The maximum absolute atomic E-state index is 4.64. The van der Waals surface area contributed by atoms with Gasteiger partial charge in [0, 0.05) is 39.5 Å². The zero-order chi connectivity index (χ0) is 30.3. The van der Waals surface area contributed by atoms with Crippen LogP contribution in [0.15, 0.2) is 126 Å². The van der Waals surface area contributed by atoms with E-state index in [-0.39, 0.29) is 0 Å². The first-order valence-electron chi connectivity index (χ1n) is 14.9. The largest absolute Gasteiger partial charge is 0.382 e. The highest BCUT2D eigenvalue weighted by atomic mass is 15.4. The number of pyridine rings is 1. The average molecular weight is 581 g/mol. The van der Waals surface area contributed by atoms with Gasteiger partial charge in [0.15, 0.2) is 0 Å². The molecule has 6 aromatic rings. The molecule has 0 aliphatic carbocycles. The van der Waals surface area contributed by atoms with Gasteiger partial charge < -0.3 is 21.6 Å². The van der Waals surface area contributed by atoms with Crippen LogP contribution in [0.3, 0.4) is 0 Å². The van der Waals surface area contributed by atoms with Crippen LogP contribution in [0.5, 0.6) is 0 Å². The Bertz CT molecular complexity index is 1920. The summed E-state index contributed by atoms with van der Waals surface area (Å²) in [5.74, 6) is 0. The fourth-order valence-electron chi connectivity index (χ4n) is 5.05. The van der Waals surface area contributed by atoms with E-state index < -0.39 is 0 Å². The second-order valence-electron chi connectivity index (χ2n) is 10.8. The van der Waals surface area contributed by atoms with Crippen molar-refractivity contribution < 1.29 is 0 Å². The van der Waals surface area contributed by atoms with Crippen molar-refractivity contribution in [1.82, 2.24) is 4.98 Å². The molecule has 5 N–H and O–H groups in total. The van der Waals surface area contributed by atoms with E-state index in [0.717, 1.165) is 68.0 Å². The molecule has 8 heteroatoms. The minimum atomic E-state index is 0.401. The highest BCUT2D eigenvalue weighted by Gasteiger charge is 2.10. The molecule has 0 spiro atoms. The van der Waals surface area contributed by atoms with Crippen LogP contribution in [-0.2, 0) is 0 Å². The summed E-state index contributed by atoms with van der Waals surface area (Å²) in [4.78, 5) is 4.12. The van der Waals surface area contributed by atoms with Crippen LogP contribution in [-0.4, -0.2) is 11.0 Å². The minimum absolute atomic E-state index is 0.401. The smallest absolute Gasteiger partial charge is 0.0936 e. The van der Waals surface area contributed by atoms with Gasteiger partial charge in [-0.3, -0.25) is 10.4 Å². The van der Waals surface area contributed by atoms with Gasteiger partial charge in [-0.15, -0.1) is 5.11 Å². The summed E-state index contributed by atoms with van der Waals surface area (Å²) in [6.07, 6.45) is 4.57. The molecule has 1 heterocycles. The molecular weight excluding hydrogens is 544 g/mol. The molecular formula is C36H36N8. The number of hydrazine groups is 2. The standard InChI is InChI=1S/C36H36N8/c1-4-25(3)38-33-17-18-35(29-12-6-5-11-28(29)33)43-44-36-20-19-34(30-13-7-8-14-31(30)36)42-39-26-15-16-32(24(2)22-26)41-40-27-10-9-21-37-23-27/h5-23,25,38,40-41,43-44H,4H2,1-3H3/b42-39+. The summed E-state index contributed by atoms with van der Waals surface area (Å²) in [7, 11) is 0. The van der Waals surface area contributed by atoms with E-state index in [1.807, 2.05) is 61.5 Å². The Morgan fingerprint density at radius 2 is 1.25 bits per heavy atom. The highest BCUT2D eigenvalue weighted by molar-refractivity contribution is 6.04. The van der Waals surface area contributed by atoms with Crippen LogP contribution in [0.25, 0.3) is 21.5 Å². The van der Waals surface area contributed by atoms with Crippen molar-refractivity contribution in [2.45, 2.75) is 33.2 Å². The lowest BCUT2D eigenvalue weighted by atomic mass is 10.1. The van der Waals surface area contributed by atoms with Crippen molar-refractivity contribution in [3.63, 3.8) is 0 Å². The topological polar surface area (TPSA) is 97.8 Å². The second-order valence-corrected chi connectivity index (χ2v) is 10.8. The van der Waals surface area contributed by atoms with E-state index in [1.165, 1.54) is 5.39 Å². The Hall–Kier alpha value is -5.63. The van der Waals surface area contributed by atoms with Gasteiger partial charge in [0.05, 0.1) is 40.3 Å². The number of hydrogen-bond acceptors (Lipinski definition) is 8. The van der Waals surface area contributed by atoms with Crippen molar-refractivity contribution in [3.05, 3.63) is 121 Å². The molecule has 0 saturated heterocycles. The Morgan fingerprint density at radius 1 is 0.636 bits per heavy atom. The van der Waals surface area contributed by atoms with Crippen molar-refractivity contribution in [2.24, 2.45) is 10.2 Å². The summed E-state index contributed by atoms with van der Waals surface area (Å²) in [6.45, 7) is 6.43. The van der Waals surface area contributed by atoms with Gasteiger partial charge in [-0.05, 0) is 80.4 Å². The fourth-order valence-corrected chi connectivity index (χ4v) is 5.05. The number of nitrogens with one attached hydrogen (secondary N) is 5. The van der Waals surface area contributed by atoms with Crippen LogP contribution in [0.4, 0.5) is 39.8 Å². The summed E-state index contributed by atoms with van der Waals surface area (Å²) in [6, 6.07) is 35.1. The molecule has 1 atom stereocenters. The molecule has 0 radical (unpaired) electrons. The number of aromatic nitrogens is 1. The Morgan fingerprint density at radius 3 is 1.93 bits per heavy atom. The lowest BCUT2D eigenvalue weighted by molar-refractivity contribution is 0.765. The first kappa shape index (κ1) is 28.5. The third-order valence-corrected chi connectivity index (χ3v) is 7.66. The number of hydrogen-bond donors (Lipinski definition) is 5. The van der Waals surface area contributed by atoms with E-state index >= 15 is 0 Å². The molecule has 0 saturated carbocycles. The van der Waals surface area contributed by atoms with Crippen LogP contribution in [0.1, 0.15) is 25.8 Å². The Balaban J connectivity index is 1.19. The number of anilines is 5. The summed E-state index contributed by atoms with van der Waals surface area (Å²) < 4.78 is 0. The molecule has 0 aliphatic heterocycles. The molecule has 6 rings (SSSR count). The number of fused-ring (bicyclic) bond motifs is 2. The van der Waals surface area contributed by atoms with Gasteiger partial charge in [0.1, 0.15) is 0 Å². The number of rotatable bonds is 11. The first-order chi connectivity index (χ1) is 21.6. The molecule has 0 amide bonds. The molecule has 0 bridgehead atoms. The maximum Gasteiger partial charge on any atom is 0.0936 e. The zero-order valence-electron chi connectivity index (χ0n) is 25.1. The maximum atomic E-state index is 4.64. The summed E-state index contributed by atoms with van der Waals surface area (Å²) in [5.41, 5.74) is 20.9. The van der Waals surface area contributed by atoms with E-state index in [9.17, 15) is 0 Å². The zero-order valence-corrected chi connectivity index (χ0v) is 25.1. The van der Waals surface area contributed by atoms with E-state index in [4.69, 9.17) is 0 Å². The highest BCUT2D eigenvalue weighted by Crippen LogP contribution is 2.35. The van der Waals surface area contributed by atoms with E-state index in [1.54, 1.807) is 12.4 Å². The SMILES string of the molecule is CCC(C)Nc1ccc(NNc2ccc(/N=N/c3ccc(NNc4cccnc4)c(C)c3)c3ccccc23)c2ccccc12. The Labute approximate surface area is 257 Å². The van der Waals surface area contributed by atoms with Crippen LogP contribution in [0.2, 0.25) is 0 Å². The predicted molar refractivity (Wildman–Crippen MR) is 185 cm³/mol. The molecule has 5 aromatic carbocycles.